The normalized spacial score (nSPS) is 20.4. The maximum Gasteiger partial charge on any atom is 0.236 e. The molecule has 0 N–H and O–H groups in total. The van der Waals surface area contributed by atoms with Crippen LogP contribution in [0.15, 0.2) is 48.5 Å². The summed E-state index contributed by atoms with van der Waals surface area (Å²) >= 11 is 0. The second-order valence-electron chi connectivity index (χ2n) is 8.64. The molecular formula is C26H28N2O6. The van der Waals surface area contributed by atoms with Crippen molar-refractivity contribution < 1.29 is 28.7 Å². The molecule has 178 valence electrons. The van der Waals surface area contributed by atoms with E-state index in [9.17, 15) is 19.2 Å². The highest BCUT2D eigenvalue weighted by molar-refractivity contribution is 6.06. The van der Waals surface area contributed by atoms with Gasteiger partial charge < -0.3 is 9.47 Å². The highest BCUT2D eigenvalue weighted by atomic mass is 16.5. The van der Waals surface area contributed by atoms with Crippen molar-refractivity contribution in [3.05, 3.63) is 59.7 Å². The fourth-order valence-corrected chi connectivity index (χ4v) is 4.21. The molecular weight excluding hydrogens is 436 g/mol. The van der Waals surface area contributed by atoms with Gasteiger partial charge in [-0.15, -0.1) is 0 Å². The van der Waals surface area contributed by atoms with Gasteiger partial charge in [-0.05, 0) is 48.2 Å². The van der Waals surface area contributed by atoms with E-state index >= 15 is 0 Å². The molecule has 0 radical (unpaired) electrons. The average molecular weight is 465 g/mol. The van der Waals surface area contributed by atoms with Gasteiger partial charge >= 0.3 is 0 Å². The smallest absolute Gasteiger partial charge is 0.236 e. The van der Waals surface area contributed by atoms with E-state index < -0.39 is 11.8 Å². The van der Waals surface area contributed by atoms with Crippen LogP contribution in [0, 0.1) is 0 Å². The Morgan fingerprint density at radius 2 is 1.00 bits per heavy atom. The van der Waals surface area contributed by atoms with E-state index in [-0.39, 0.29) is 36.5 Å². The van der Waals surface area contributed by atoms with Crippen LogP contribution in [0.25, 0.3) is 0 Å². The molecule has 0 spiro atoms. The maximum atomic E-state index is 12.1. The molecule has 2 fully saturated rings. The lowest BCUT2D eigenvalue weighted by Gasteiger charge is -2.12. The molecule has 8 nitrogen and oxygen atoms in total. The summed E-state index contributed by atoms with van der Waals surface area (Å²) in [6, 6.07) is 14.6. The van der Waals surface area contributed by atoms with Crippen LogP contribution in [0.3, 0.4) is 0 Å². The number of rotatable bonds is 9. The third-order valence-corrected chi connectivity index (χ3v) is 6.40. The zero-order valence-corrected chi connectivity index (χ0v) is 19.4. The number of ether oxygens (including phenoxy) is 2. The number of hydrogen-bond acceptors (Lipinski definition) is 6. The van der Waals surface area contributed by atoms with Crippen molar-refractivity contribution in [2.45, 2.75) is 37.5 Å². The third kappa shape index (κ3) is 4.95. The zero-order chi connectivity index (χ0) is 24.2. The molecule has 2 aromatic carbocycles. The van der Waals surface area contributed by atoms with E-state index in [0.29, 0.717) is 13.2 Å². The quantitative estimate of drug-likeness (QED) is 0.419. The molecule has 0 aliphatic carbocycles. The number of carbonyl (C=O) groups is 4. The number of imide groups is 2. The summed E-state index contributed by atoms with van der Waals surface area (Å²) in [6.45, 7) is 1.08. The number of hydrogen-bond donors (Lipinski definition) is 0. The van der Waals surface area contributed by atoms with Crippen molar-refractivity contribution in [3.8, 4) is 11.5 Å². The van der Waals surface area contributed by atoms with E-state index in [4.69, 9.17) is 9.47 Å². The summed E-state index contributed by atoms with van der Waals surface area (Å²) in [7, 11) is 3.03. The van der Waals surface area contributed by atoms with E-state index in [1.165, 1.54) is 23.9 Å². The minimum absolute atomic E-state index is 0.151. The van der Waals surface area contributed by atoms with Crippen molar-refractivity contribution in [2.24, 2.45) is 0 Å². The number of benzene rings is 2. The minimum Gasteiger partial charge on any atom is -0.494 e. The number of likely N-dealkylation sites (N-methyl/N-ethyl adjacent to an activating group) is 2. The first kappa shape index (κ1) is 23.5. The summed E-state index contributed by atoms with van der Waals surface area (Å²) < 4.78 is 11.5. The Kier molecular flexibility index (Phi) is 6.95. The first-order chi connectivity index (χ1) is 16.3. The van der Waals surface area contributed by atoms with Crippen molar-refractivity contribution in [1.82, 2.24) is 9.80 Å². The molecule has 8 heteroatoms. The number of amides is 4. The van der Waals surface area contributed by atoms with Gasteiger partial charge in [0.2, 0.25) is 23.6 Å². The molecule has 4 amide bonds. The number of nitrogens with zero attached hydrogens (tertiary/aromatic N) is 2. The second kappa shape index (κ2) is 10.1. The molecule has 0 unspecified atom stereocenters. The van der Waals surface area contributed by atoms with Gasteiger partial charge in [-0.1, -0.05) is 24.3 Å². The predicted octanol–water partition coefficient (Wildman–Crippen LogP) is 2.87. The first-order valence-corrected chi connectivity index (χ1v) is 11.4. The average Bonchev–Trinajstić information content (AvgIpc) is 3.26. The van der Waals surface area contributed by atoms with Gasteiger partial charge in [-0.3, -0.25) is 29.0 Å². The summed E-state index contributed by atoms with van der Waals surface area (Å²) in [6.07, 6.45) is 2.05. The number of unbranched alkanes of at least 4 members (excludes halogenated alkanes) is 1. The van der Waals surface area contributed by atoms with Crippen LogP contribution < -0.4 is 9.47 Å². The molecule has 2 saturated heterocycles. The summed E-state index contributed by atoms with van der Waals surface area (Å²) in [5.41, 5.74) is 1.65. The molecule has 0 bridgehead atoms. The van der Waals surface area contributed by atoms with Crippen LogP contribution in [-0.4, -0.2) is 60.7 Å². The monoisotopic (exact) mass is 464 g/mol. The van der Waals surface area contributed by atoms with Gasteiger partial charge in [0.25, 0.3) is 0 Å². The summed E-state index contributed by atoms with van der Waals surface area (Å²) in [5.74, 6) is 0.00182. The van der Waals surface area contributed by atoms with Gasteiger partial charge in [0, 0.05) is 26.9 Å². The molecule has 4 rings (SSSR count). The topological polar surface area (TPSA) is 93.2 Å². The molecule has 2 aromatic rings. The molecule has 2 atom stereocenters. The van der Waals surface area contributed by atoms with Gasteiger partial charge in [-0.2, -0.15) is 0 Å². The van der Waals surface area contributed by atoms with Crippen molar-refractivity contribution in [3.63, 3.8) is 0 Å². The van der Waals surface area contributed by atoms with Crippen LogP contribution >= 0.6 is 0 Å². The Bertz CT molecular complexity index is 992. The first-order valence-electron chi connectivity index (χ1n) is 11.4. The van der Waals surface area contributed by atoms with Crippen molar-refractivity contribution in [2.75, 3.05) is 27.3 Å². The van der Waals surface area contributed by atoms with Crippen LogP contribution in [0.1, 0.15) is 48.6 Å². The largest absolute Gasteiger partial charge is 0.494 e. The highest BCUT2D eigenvalue weighted by Gasteiger charge is 2.37. The summed E-state index contributed by atoms with van der Waals surface area (Å²) in [5, 5.41) is 0. The number of carbonyl (C=O) groups excluding carboxylic acids is 4. The lowest BCUT2D eigenvalue weighted by atomic mass is 9.97. The zero-order valence-electron chi connectivity index (χ0n) is 19.4. The molecule has 2 aliphatic rings. The van der Waals surface area contributed by atoms with Crippen LogP contribution in [0.5, 0.6) is 11.5 Å². The van der Waals surface area contributed by atoms with Gasteiger partial charge in [0.15, 0.2) is 0 Å². The Labute approximate surface area is 198 Å². The molecule has 2 heterocycles. The molecule has 2 aliphatic heterocycles. The fourth-order valence-electron chi connectivity index (χ4n) is 4.21. The predicted molar refractivity (Wildman–Crippen MR) is 123 cm³/mol. The van der Waals surface area contributed by atoms with E-state index in [1.807, 2.05) is 48.5 Å². The Hall–Kier alpha value is -3.68. The number of likely N-dealkylation sites (tertiary alicyclic amines) is 2. The Morgan fingerprint density at radius 3 is 1.29 bits per heavy atom. The fraction of sp³-hybridized carbons (Fsp3) is 0.385. The lowest BCUT2D eigenvalue weighted by molar-refractivity contribution is -0.138. The molecule has 0 aromatic heterocycles. The van der Waals surface area contributed by atoms with Gasteiger partial charge in [0.1, 0.15) is 11.5 Å². The van der Waals surface area contributed by atoms with E-state index in [1.54, 1.807) is 0 Å². The minimum atomic E-state index is -0.403. The highest BCUT2D eigenvalue weighted by Crippen LogP contribution is 2.31. The Morgan fingerprint density at radius 1 is 0.647 bits per heavy atom. The van der Waals surface area contributed by atoms with E-state index in [2.05, 4.69) is 0 Å². The van der Waals surface area contributed by atoms with Crippen molar-refractivity contribution in [1.29, 1.82) is 0 Å². The van der Waals surface area contributed by atoms with Crippen LogP contribution in [0.4, 0.5) is 0 Å². The lowest BCUT2D eigenvalue weighted by Crippen LogP contribution is -2.25. The SMILES string of the molecule is CN1C(=O)C[C@H](c2ccc(OCCCCOc3ccc([C@H]4CC(=O)N(C)C4=O)cc3)cc2)C1=O. The van der Waals surface area contributed by atoms with Crippen molar-refractivity contribution >= 4 is 23.6 Å². The molecule has 0 saturated carbocycles. The summed E-state index contributed by atoms with van der Waals surface area (Å²) in [4.78, 5) is 50.0. The molecule has 34 heavy (non-hydrogen) atoms. The van der Waals surface area contributed by atoms with Crippen LogP contribution in [-0.2, 0) is 19.2 Å². The van der Waals surface area contributed by atoms with Gasteiger partial charge in [0.05, 0.1) is 25.0 Å². The third-order valence-electron chi connectivity index (χ3n) is 6.40. The Balaban J connectivity index is 1.15. The standard InChI is InChI=1S/C26H28N2O6/c1-27-23(29)15-21(25(27)31)17-5-9-19(10-6-17)33-13-3-4-14-34-20-11-7-18(8-12-20)22-16-24(30)28(2)26(22)32/h5-12,21-22H,3-4,13-16H2,1-2H3/t21-,22-/m1/s1. The van der Waals surface area contributed by atoms with E-state index in [0.717, 1.165) is 35.5 Å². The second-order valence-corrected chi connectivity index (χ2v) is 8.64. The van der Waals surface area contributed by atoms with Crippen LogP contribution in [0.2, 0.25) is 0 Å². The maximum absolute atomic E-state index is 12.1. The van der Waals surface area contributed by atoms with Gasteiger partial charge in [-0.25, -0.2) is 0 Å².